The summed E-state index contributed by atoms with van der Waals surface area (Å²) in [5.41, 5.74) is 1.01. The van der Waals surface area contributed by atoms with Crippen LogP contribution in [0.15, 0.2) is 24.5 Å². The fraction of sp³-hybridized carbons (Fsp3) is 0.333. The van der Waals surface area contributed by atoms with Crippen LogP contribution in [0.4, 0.5) is 0 Å². The van der Waals surface area contributed by atoms with Gasteiger partial charge in [-0.15, -0.1) is 0 Å². The summed E-state index contributed by atoms with van der Waals surface area (Å²) < 4.78 is 0. The Morgan fingerprint density at radius 1 is 1.54 bits per heavy atom. The van der Waals surface area contributed by atoms with Crippen LogP contribution in [0.5, 0.6) is 0 Å². The van der Waals surface area contributed by atoms with Crippen molar-refractivity contribution in [2.45, 2.75) is 6.54 Å². The number of rotatable bonds is 3. The van der Waals surface area contributed by atoms with Gasteiger partial charge in [-0.3, -0.25) is 9.78 Å². The van der Waals surface area contributed by atoms with Gasteiger partial charge in [-0.1, -0.05) is 6.07 Å². The Morgan fingerprint density at radius 3 is 2.69 bits per heavy atom. The third kappa shape index (κ3) is 6.96. The summed E-state index contributed by atoms with van der Waals surface area (Å²) in [4.78, 5) is 13.7. The van der Waals surface area contributed by atoms with Gasteiger partial charge in [-0.25, -0.2) is 0 Å². The van der Waals surface area contributed by atoms with Crippen LogP contribution in [0.25, 0.3) is 0 Å². The summed E-state index contributed by atoms with van der Waals surface area (Å²) in [6.45, 7) is 0.553. The second-order valence-corrected chi connectivity index (χ2v) is 2.36. The van der Waals surface area contributed by atoms with Crippen LogP contribution in [-0.2, 0) is 11.3 Å². The molecule has 0 atom stereocenters. The number of pyridine rings is 1. The van der Waals surface area contributed by atoms with Crippen LogP contribution >= 0.6 is 0 Å². The summed E-state index contributed by atoms with van der Waals surface area (Å²) in [7, 11) is 3.75. The monoisotopic (exact) mass is 181 g/mol. The molecule has 1 amide bonds. The Hall–Kier alpha value is -1.42. The van der Waals surface area contributed by atoms with Gasteiger partial charge in [0.1, 0.15) is 0 Å². The average molecular weight is 181 g/mol. The smallest absolute Gasteiger partial charge is 0.207 e. The van der Waals surface area contributed by atoms with Gasteiger partial charge in [0.25, 0.3) is 0 Å². The number of aromatic nitrogens is 1. The first-order valence-corrected chi connectivity index (χ1v) is 3.99. The summed E-state index contributed by atoms with van der Waals surface area (Å²) in [6, 6.07) is 3.74. The Kier molecular flexibility index (Phi) is 7.73. The maximum atomic E-state index is 9.85. The number of hydrogen-bond donors (Lipinski definition) is 2. The first kappa shape index (κ1) is 11.6. The molecule has 0 bridgehead atoms. The normalized spacial score (nSPS) is 8.15. The van der Waals surface area contributed by atoms with Crippen molar-refractivity contribution in [3.8, 4) is 0 Å². The van der Waals surface area contributed by atoms with Crippen molar-refractivity contribution in [2.24, 2.45) is 0 Å². The van der Waals surface area contributed by atoms with Crippen molar-refractivity contribution in [2.75, 3.05) is 14.1 Å². The minimum atomic E-state index is 0.553. The van der Waals surface area contributed by atoms with Gasteiger partial charge in [-0.2, -0.15) is 0 Å². The van der Waals surface area contributed by atoms with Gasteiger partial charge < -0.3 is 10.6 Å². The van der Waals surface area contributed by atoms with E-state index in [0.717, 1.165) is 5.56 Å². The number of amides is 1. The van der Waals surface area contributed by atoms with Gasteiger partial charge in [-0.05, 0) is 25.7 Å². The second kappa shape index (κ2) is 8.67. The van der Waals surface area contributed by atoms with E-state index in [2.05, 4.69) is 15.6 Å². The van der Waals surface area contributed by atoms with Crippen molar-refractivity contribution in [3.63, 3.8) is 0 Å². The lowest BCUT2D eigenvalue weighted by Gasteiger charge is -1.95. The Labute approximate surface area is 78.4 Å². The van der Waals surface area contributed by atoms with Gasteiger partial charge in [0.2, 0.25) is 6.41 Å². The predicted octanol–water partition coefficient (Wildman–Crippen LogP) is 0.163. The Balaban J connectivity index is 0.000000424. The SMILES string of the molecule is CNC.O=CNCc1cccnc1. The van der Waals surface area contributed by atoms with Gasteiger partial charge in [0, 0.05) is 18.9 Å². The van der Waals surface area contributed by atoms with Gasteiger partial charge in [0.05, 0.1) is 0 Å². The molecule has 0 fully saturated rings. The topological polar surface area (TPSA) is 54.0 Å². The highest BCUT2D eigenvalue weighted by atomic mass is 16.1. The first-order chi connectivity index (χ1) is 6.35. The first-order valence-electron chi connectivity index (χ1n) is 3.99. The van der Waals surface area contributed by atoms with E-state index in [9.17, 15) is 4.79 Å². The molecule has 0 saturated heterocycles. The molecular weight excluding hydrogens is 166 g/mol. The van der Waals surface area contributed by atoms with Crippen LogP contribution in [0.1, 0.15) is 5.56 Å². The molecule has 0 aliphatic heterocycles. The summed E-state index contributed by atoms with van der Waals surface area (Å²) in [6.07, 6.45) is 4.09. The summed E-state index contributed by atoms with van der Waals surface area (Å²) in [5.74, 6) is 0. The number of nitrogens with zero attached hydrogens (tertiary/aromatic N) is 1. The quantitative estimate of drug-likeness (QED) is 0.653. The molecule has 0 aliphatic carbocycles. The molecule has 1 aromatic rings. The second-order valence-electron chi connectivity index (χ2n) is 2.36. The van der Waals surface area contributed by atoms with Gasteiger partial charge in [0.15, 0.2) is 0 Å². The van der Waals surface area contributed by atoms with Crippen LogP contribution in [-0.4, -0.2) is 25.5 Å². The fourth-order valence-electron chi connectivity index (χ4n) is 0.662. The molecule has 2 N–H and O–H groups in total. The number of carbonyl (C=O) groups is 1. The van der Waals surface area contributed by atoms with E-state index in [4.69, 9.17) is 0 Å². The number of hydrogen-bond acceptors (Lipinski definition) is 3. The third-order valence-corrected chi connectivity index (χ3v) is 1.11. The van der Waals surface area contributed by atoms with Crippen LogP contribution < -0.4 is 10.6 Å². The summed E-state index contributed by atoms with van der Waals surface area (Å²) in [5, 5.41) is 5.29. The maximum Gasteiger partial charge on any atom is 0.207 e. The van der Waals surface area contributed by atoms with Crippen LogP contribution in [0.2, 0.25) is 0 Å². The van der Waals surface area contributed by atoms with Crippen molar-refractivity contribution in [1.29, 1.82) is 0 Å². The van der Waals surface area contributed by atoms with E-state index in [1.165, 1.54) is 0 Å². The molecule has 0 unspecified atom stereocenters. The highest BCUT2D eigenvalue weighted by Crippen LogP contribution is 1.92. The largest absolute Gasteiger partial charge is 0.355 e. The molecule has 13 heavy (non-hydrogen) atoms. The fourth-order valence-corrected chi connectivity index (χ4v) is 0.662. The van der Waals surface area contributed by atoms with E-state index in [1.54, 1.807) is 12.4 Å². The molecule has 0 aromatic carbocycles. The highest BCUT2D eigenvalue weighted by molar-refractivity contribution is 5.46. The van der Waals surface area contributed by atoms with Crippen molar-refractivity contribution < 1.29 is 4.79 Å². The summed E-state index contributed by atoms with van der Waals surface area (Å²) >= 11 is 0. The lowest BCUT2D eigenvalue weighted by atomic mass is 10.3. The molecule has 0 saturated carbocycles. The van der Waals surface area contributed by atoms with Crippen molar-refractivity contribution >= 4 is 6.41 Å². The van der Waals surface area contributed by atoms with E-state index in [0.29, 0.717) is 13.0 Å². The zero-order chi connectivity index (χ0) is 9.94. The molecular formula is C9H15N3O. The van der Waals surface area contributed by atoms with E-state index in [-0.39, 0.29) is 0 Å². The zero-order valence-corrected chi connectivity index (χ0v) is 7.95. The highest BCUT2D eigenvalue weighted by Gasteiger charge is 1.86. The standard InChI is InChI=1S/C7H8N2O.C2H7N/c10-6-9-5-7-2-1-3-8-4-7;1-3-2/h1-4,6H,5H2,(H,9,10);3H,1-2H3. The van der Waals surface area contributed by atoms with E-state index < -0.39 is 0 Å². The molecule has 4 nitrogen and oxygen atoms in total. The molecule has 0 spiro atoms. The number of nitrogens with one attached hydrogen (secondary N) is 2. The third-order valence-electron chi connectivity index (χ3n) is 1.11. The minimum absolute atomic E-state index is 0.553. The number of carbonyl (C=O) groups excluding carboxylic acids is 1. The Bertz CT molecular complexity index is 213. The zero-order valence-electron chi connectivity index (χ0n) is 7.95. The molecule has 1 rings (SSSR count). The van der Waals surface area contributed by atoms with Crippen molar-refractivity contribution in [3.05, 3.63) is 30.1 Å². The Morgan fingerprint density at radius 2 is 2.23 bits per heavy atom. The minimum Gasteiger partial charge on any atom is -0.355 e. The molecule has 0 radical (unpaired) electrons. The van der Waals surface area contributed by atoms with E-state index >= 15 is 0 Å². The predicted molar refractivity (Wildman–Crippen MR) is 52.1 cm³/mol. The average Bonchev–Trinajstić information content (AvgIpc) is 2.18. The molecule has 1 heterocycles. The molecule has 4 heteroatoms. The molecule has 72 valence electrons. The van der Waals surface area contributed by atoms with Crippen LogP contribution in [0.3, 0.4) is 0 Å². The van der Waals surface area contributed by atoms with Gasteiger partial charge >= 0.3 is 0 Å². The lowest BCUT2D eigenvalue weighted by Crippen LogP contribution is -2.09. The maximum absolute atomic E-state index is 9.85. The van der Waals surface area contributed by atoms with E-state index in [1.807, 2.05) is 26.2 Å². The lowest BCUT2D eigenvalue weighted by molar-refractivity contribution is -0.109. The van der Waals surface area contributed by atoms with Crippen LogP contribution in [0, 0.1) is 0 Å². The molecule has 0 aliphatic rings. The van der Waals surface area contributed by atoms with Crippen molar-refractivity contribution in [1.82, 2.24) is 15.6 Å². The molecule has 1 aromatic heterocycles.